The van der Waals surface area contributed by atoms with E-state index in [9.17, 15) is 13.2 Å². The molecule has 0 saturated heterocycles. The molecule has 0 aliphatic heterocycles. The van der Waals surface area contributed by atoms with Gasteiger partial charge in [0.25, 0.3) is 5.91 Å². The summed E-state index contributed by atoms with van der Waals surface area (Å²) in [6.45, 7) is 5.41. The van der Waals surface area contributed by atoms with E-state index in [2.05, 4.69) is 5.32 Å². The van der Waals surface area contributed by atoms with Crippen molar-refractivity contribution in [3.8, 4) is 0 Å². The van der Waals surface area contributed by atoms with Gasteiger partial charge in [-0.1, -0.05) is 25.4 Å². The fourth-order valence-corrected chi connectivity index (χ4v) is 3.73. The van der Waals surface area contributed by atoms with Crippen LogP contribution in [0.4, 0.5) is 0 Å². The second-order valence-electron chi connectivity index (χ2n) is 5.29. The van der Waals surface area contributed by atoms with Crippen LogP contribution in [0.1, 0.15) is 24.2 Å². The van der Waals surface area contributed by atoms with E-state index in [0.717, 1.165) is 0 Å². The SMILES string of the molecule is CCN(CC)S(=O)(=O)c1ccc(Cl)c(C(=O)NCCN(C)C)c1. The minimum Gasteiger partial charge on any atom is -0.351 e. The van der Waals surface area contributed by atoms with E-state index >= 15 is 0 Å². The molecule has 1 amide bonds. The van der Waals surface area contributed by atoms with Gasteiger partial charge in [-0.05, 0) is 32.3 Å². The van der Waals surface area contributed by atoms with Crippen molar-refractivity contribution in [2.75, 3.05) is 40.3 Å². The maximum absolute atomic E-state index is 12.5. The number of carbonyl (C=O) groups is 1. The average molecular weight is 362 g/mol. The minimum absolute atomic E-state index is 0.0726. The molecule has 0 fully saturated rings. The number of halogens is 1. The summed E-state index contributed by atoms with van der Waals surface area (Å²) in [6.07, 6.45) is 0. The lowest BCUT2D eigenvalue weighted by Crippen LogP contribution is -2.32. The highest BCUT2D eigenvalue weighted by molar-refractivity contribution is 7.89. The highest BCUT2D eigenvalue weighted by Crippen LogP contribution is 2.23. The molecule has 0 aromatic heterocycles. The van der Waals surface area contributed by atoms with Crippen molar-refractivity contribution in [2.24, 2.45) is 0 Å². The summed E-state index contributed by atoms with van der Waals surface area (Å²) in [5, 5.41) is 2.96. The molecule has 1 aromatic carbocycles. The minimum atomic E-state index is -3.62. The highest BCUT2D eigenvalue weighted by atomic mass is 35.5. The van der Waals surface area contributed by atoms with E-state index in [-0.39, 0.29) is 21.4 Å². The first-order valence-electron chi connectivity index (χ1n) is 7.46. The molecule has 1 aromatic rings. The van der Waals surface area contributed by atoms with Crippen LogP contribution in [0.15, 0.2) is 23.1 Å². The Hall–Kier alpha value is -1.15. The highest BCUT2D eigenvalue weighted by Gasteiger charge is 2.23. The van der Waals surface area contributed by atoms with Crippen LogP contribution in [0.3, 0.4) is 0 Å². The predicted molar refractivity (Wildman–Crippen MR) is 92.4 cm³/mol. The molecule has 130 valence electrons. The Morgan fingerprint density at radius 3 is 2.35 bits per heavy atom. The van der Waals surface area contributed by atoms with Gasteiger partial charge < -0.3 is 10.2 Å². The number of hydrogen-bond donors (Lipinski definition) is 1. The van der Waals surface area contributed by atoms with Gasteiger partial charge in [-0.25, -0.2) is 8.42 Å². The van der Waals surface area contributed by atoms with Gasteiger partial charge in [0.1, 0.15) is 0 Å². The predicted octanol–water partition coefficient (Wildman–Crippen LogP) is 1.66. The average Bonchev–Trinajstić information content (AvgIpc) is 2.47. The van der Waals surface area contributed by atoms with Crippen LogP contribution in [0, 0.1) is 0 Å². The lowest BCUT2D eigenvalue weighted by atomic mass is 10.2. The van der Waals surface area contributed by atoms with E-state index in [1.165, 1.54) is 22.5 Å². The molecule has 1 rings (SSSR count). The zero-order chi connectivity index (χ0) is 17.6. The molecular formula is C15H24ClN3O3S. The van der Waals surface area contributed by atoms with Crippen molar-refractivity contribution < 1.29 is 13.2 Å². The third kappa shape index (κ3) is 5.17. The number of likely N-dealkylation sites (N-methyl/N-ethyl adjacent to an activating group) is 1. The van der Waals surface area contributed by atoms with Crippen LogP contribution in [0.2, 0.25) is 5.02 Å². The maximum Gasteiger partial charge on any atom is 0.252 e. The molecule has 0 spiro atoms. The van der Waals surface area contributed by atoms with Gasteiger partial charge in [-0.2, -0.15) is 4.31 Å². The lowest BCUT2D eigenvalue weighted by Gasteiger charge is -2.19. The van der Waals surface area contributed by atoms with Gasteiger partial charge in [0.05, 0.1) is 15.5 Å². The number of amides is 1. The number of benzene rings is 1. The number of nitrogens with zero attached hydrogens (tertiary/aromatic N) is 2. The van der Waals surface area contributed by atoms with Crippen molar-refractivity contribution in [3.63, 3.8) is 0 Å². The molecule has 23 heavy (non-hydrogen) atoms. The topological polar surface area (TPSA) is 69.7 Å². The molecular weight excluding hydrogens is 338 g/mol. The Morgan fingerprint density at radius 1 is 1.22 bits per heavy atom. The summed E-state index contributed by atoms with van der Waals surface area (Å²) in [4.78, 5) is 14.2. The van der Waals surface area contributed by atoms with E-state index in [1.807, 2.05) is 19.0 Å². The van der Waals surface area contributed by atoms with Gasteiger partial charge in [0.15, 0.2) is 0 Å². The summed E-state index contributed by atoms with van der Waals surface area (Å²) in [6, 6.07) is 4.20. The maximum atomic E-state index is 12.5. The number of carbonyl (C=O) groups excluding carboxylic acids is 1. The number of hydrogen-bond acceptors (Lipinski definition) is 4. The first kappa shape index (κ1) is 19.9. The zero-order valence-corrected chi connectivity index (χ0v) is 15.5. The molecule has 1 N–H and O–H groups in total. The molecule has 0 aliphatic rings. The van der Waals surface area contributed by atoms with Crippen LogP contribution in [0.5, 0.6) is 0 Å². The third-order valence-corrected chi connectivity index (χ3v) is 5.75. The number of sulfonamides is 1. The van der Waals surface area contributed by atoms with Crippen molar-refractivity contribution in [2.45, 2.75) is 18.7 Å². The molecule has 0 heterocycles. The fraction of sp³-hybridized carbons (Fsp3) is 0.533. The Balaban J connectivity index is 3.06. The normalized spacial score (nSPS) is 12.0. The first-order chi connectivity index (χ1) is 10.7. The van der Waals surface area contributed by atoms with E-state index < -0.39 is 10.0 Å². The summed E-state index contributed by atoms with van der Waals surface area (Å²) in [7, 11) is 0.177. The van der Waals surface area contributed by atoms with Crippen molar-refractivity contribution in [1.82, 2.24) is 14.5 Å². The Kier molecular flexibility index (Phi) is 7.47. The van der Waals surface area contributed by atoms with Crippen LogP contribution in [-0.4, -0.2) is 63.8 Å². The van der Waals surface area contributed by atoms with Gasteiger partial charge in [0, 0.05) is 26.2 Å². The number of nitrogens with one attached hydrogen (secondary N) is 1. The summed E-state index contributed by atoms with van der Waals surface area (Å²) in [5.74, 6) is -0.381. The summed E-state index contributed by atoms with van der Waals surface area (Å²) < 4.78 is 26.4. The molecule has 8 heteroatoms. The van der Waals surface area contributed by atoms with Crippen LogP contribution in [-0.2, 0) is 10.0 Å². The third-order valence-electron chi connectivity index (χ3n) is 3.37. The molecule has 0 unspecified atom stereocenters. The molecule has 6 nitrogen and oxygen atoms in total. The molecule has 0 atom stereocenters. The summed E-state index contributed by atoms with van der Waals surface area (Å²) >= 11 is 6.05. The standard InChI is InChI=1S/C15H24ClN3O3S/c1-5-19(6-2)23(21,22)12-7-8-14(16)13(11-12)15(20)17-9-10-18(3)4/h7-8,11H,5-6,9-10H2,1-4H3,(H,17,20). The largest absolute Gasteiger partial charge is 0.351 e. The summed E-state index contributed by atoms with van der Waals surface area (Å²) in [5.41, 5.74) is 0.165. The molecule has 0 saturated carbocycles. The molecule has 0 aliphatic carbocycles. The monoisotopic (exact) mass is 361 g/mol. The van der Waals surface area contributed by atoms with Crippen molar-refractivity contribution in [1.29, 1.82) is 0 Å². The number of rotatable bonds is 8. The fourth-order valence-electron chi connectivity index (χ4n) is 2.04. The van der Waals surface area contributed by atoms with Gasteiger partial charge in [0.2, 0.25) is 10.0 Å². The zero-order valence-electron chi connectivity index (χ0n) is 14.0. The lowest BCUT2D eigenvalue weighted by molar-refractivity contribution is 0.0951. The Morgan fingerprint density at radius 2 is 1.83 bits per heavy atom. The molecule has 0 bridgehead atoms. The molecule has 0 radical (unpaired) electrons. The Labute approximate surface area is 143 Å². The quantitative estimate of drug-likeness (QED) is 0.764. The second kappa shape index (κ2) is 8.63. The first-order valence-corrected chi connectivity index (χ1v) is 9.28. The van der Waals surface area contributed by atoms with E-state index in [0.29, 0.717) is 26.2 Å². The van der Waals surface area contributed by atoms with Gasteiger partial charge in [-0.15, -0.1) is 0 Å². The van der Waals surface area contributed by atoms with E-state index in [4.69, 9.17) is 11.6 Å². The van der Waals surface area contributed by atoms with Crippen molar-refractivity contribution in [3.05, 3.63) is 28.8 Å². The Bertz CT molecular complexity index is 643. The van der Waals surface area contributed by atoms with Crippen LogP contribution >= 0.6 is 11.6 Å². The smallest absolute Gasteiger partial charge is 0.252 e. The van der Waals surface area contributed by atoms with Gasteiger partial charge >= 0.3 is 0 Å². The van der Waals surface area contributed by atoms with Crippen LogP contribution in [0.25, 0.3) is 0 Å². The van der Waals surface area contributed by atoms with Crippen LogP contribution < -0.4 is 5.32 Å². The van der Waals surface area contributed by atoms with E-state index in [1.54, 1.807) is 13.8 Å². The van der Waals surface area contributed by atoms with Crippen molar-refractivity contribution >= 4 is 27.5 Å². The second-order valence-corrected chi connectivity index (χ2v) is 7.64. The van der Waals surface area contributed by atoms with Gasteiger partial charge in [-0.3, -0.25) is 4.79 Å².